The van der Waals surface area contributed by atoms with Crippen molar-refractivity contribution in [3.63, 3.8) is 0 Å². The number of Topliss-reactive ketones (excluding diaryl/α,β-unsaturated/α-hetero) is 1. The first kappa shape index (κ1) is 10.9. The lowest BCUT2D eigenvalue weighted by atomic mass is 9.86. The molecule has 1 rings (SSSR count). The van der Waals surface area contributed by atoms with E-state index in [0.717, 1.165) is 0 Å². The molecule has 0 aliphatic heterocycles. The predicted octanol–water partition coefficient (Wildman–Crippen LogP) is 3.31. The summed E-state index contributed by atoms with van der Waals surface area (Å²) in [6.07, 6.45) is -1.50. The van der Waals surface area contributed by atoms with Crippen molar-refractivity contribution < 1.29 is 9.18 Å². The van der Waals surface area contributed by atoms with E-state index >= 15 is 0 Å². The van der Waals surface area contributed by atoms with Crippen LogP contribution in [0.4, 0.5) is 4.39 Å². The summed E-state index contributed by atoms with van der Waals surface area (Å²) >= 11 is 0. The Morgan fingerprint density at radius 3 is 2.14 bits per heavy atom. The fourth-order valence-corrected chi connectivity index (χ4v) is 1.15. The van der Waals surface area contributed by atoms with Gasteiger partial charge in [0.25, 0.3) is 0 Å². The highest BCUT2D eigenvalue weighted by atomic mass is 19.1. The number of carbonyl (C=O) groups is 1. The molecule has 0 heterocycles. The molecule has 0 fully saturated rings. The lowest BCUT2D eigenvalue weighted by Crippen LogP contribution is -2.24. The second-order valence-electron chi connectivity index (χ2n) is 4.39. The van der Waals surface area contributed by atoms with Gasteiger partial charge in [0.2, 0.25) is 0 Å². The molecule has 14 heavy (non-hydrogen) atoms. The Labute approximate surface area is 83.9 Å². The number of hydrogen-bond donors (Lipinski definition) is 0. The zero-order chi connectivity index (χ0) is 10.8. The molecule has 0 saturated heterocycles. The van der Waals surface area contributed by atoms with Crippen molar-refractivity contribution in [1.29, 1.82) is 0 Å². The van der Waals surface area contributed by atoms with Crippen molar-refractivity contribution in [2.75, 3.05) is 0 Å². The number of ketones is 1. The zero-order valence-corrected chi connectivity index (χ0v) is 8.75. The molecule has 1 atom stereocenters. The Bertz CT molecular complexity index is 311. The van der Waals surface area contributed by atoms with Gasteiger partial charge in [-0.2, -0.15) is 0 Å². The third kappa shape index (κ3) is 2.41. The second kappa shape index (κ2) is 3.91. The Balaban J connectivity index is 2.87. The van der Waals surface area contributed by atoms with Crippen LogP contribution >= 0.6 is 0 Å². The average Bonchev–Trinajstić information content (AvgIpc) is 2.15. The number of halogens is 1. The minimum absolute atomic E-state index is 0.372. The van der Waals surface area contributed by atoms with Gasteiger partial charge in [-0.05, 0) is 5.56 Å². The molecule has 0 spiro atoms. The standard InChI is InChI=1S/C12H15FO/c1-12(2,3)11(14)10(13)9-7-5-4-6-8-9/h4-8,10H,1-3H3. The highest BCUT2D eigenvalue weighted by Crippen LogP contribution is 2.28. The van der Waals surface area contributed by atoms with Crippen molar-refractivity contribution in [2.45, 2.75) is 26.9 Å². The van der Waals surface area contributed by atoms with Crippen molar-refractivity contribution in [2.24, 2.45) is 5.41 Å². The van der Waals surface area contributed by atoms with E-state index in [1.807, 2.05) is 0 Å². The molecule has 0 aliphatic carbocycles. The largest absolute Gasteiger partial charge is 0.295 e. The van der Waals surface area contributed by atoms with E-state index in [9.17, 15) is 9.18 Å². The van der Waals surface area contributed by atoms with Gasteiger partial charge in [-0.1, -0.05) is 51.1 Å². The predicted molar refractivity (Wildman–Crippen MR) is 54.8 cm³/mol. The van der Waals surface area contributed by atoms with Crippen LogP contribution in [0.2, 0.25) is 0 Å². The minimum Gasteiger partial charge on any atom is -0.295 e. The van der Waals surface area contributed by atoms with Crippen LogP contribution < -0.4 is 0 Å². The third-order valence-corrected chi connectivity index (χ3v) is 2.06. The summed E-state index contributed by atoms with van der Waals surface area (Å²) in [4.78, 5) is 11.6. The number of rotatable bonds is 2. The summed E-state index contributed by atoms with van der Waals surface area (Å²) < 4.78 is 13.7. The van der Waals surface area contributed by atoms with Gasteiger partial charge in [-0.3, -0.25) is 4.79 Å². The van der Waals surface area contributed by atoms with E-state index in [2.05, 4.69) is 0 Å². The number of hydrogen-bond acceptors (Lipinski definition) is 1. The topological polar surface area (TPSA) is 17.1 Å². The first-order valence-electron chi connectivity index (χ1n) is 4.66. The Hall–Kier alpha value is -1.18. The van der Waals surface area contributed by atoms with Crippen LogP contribution in [0.5, 0.6) is 0 Å². The molecule has 1 aromatic carbocycles. The van der Waals surface area contributed by atoms with Gasteiger partial charge in [0, 0.05) is 5.41 Å². The van der Waals surface area contributed by atoms with Crippen molar-refractivity contribution in [3.8, 4) is 0 Å². The van der Waals surface area contributed by atoms with Crippen molar-refractivity contribution in [3.05, 3.63) is 35.9 Å². The van der Waals surface area contributed by atoms with Crippen LogP contribution in [0.1, 0.15) is 32.5 Å². The SMILES string of the molecule is CC(C)(C)C(=O)C(F)c1ccccc1. The smallest absolute Gasteiger partial charge is 0.184 e. The van der Waals surface area contributed by atoms with E-state index in [4.69, 9.17) is 0 Å². The number of alkyl halides is 1. The summed E-state index contributed by atoms with van der Waals surface area (Å²) in [6, 6.07) is 8.54. The average molecular weight is 194 g/mol. The summed E-state index contributed by atoms with van der Waals surface area (Å²) in [5.74, 6) is -0.372. The van der Waals surface area contributed by atoms with E-state index < -0.39 is 11.6 Å². The molecule has 0 N–H and O–H groups in total. The molecule has 1 nitrogen and oxygen atoms in total. The molecule has 0 radical (unpaired) electrons. The molecular formula is C12H15FO. The van der Waals surface area contributed by atoms with Crippen LogP contribution in [0.25, 0.3) is 0 Å². The number of carbonyl (C=O) groups excluding carboxylic acids is 1. The monoisotopic (exact) mass is 194 g/mol. The molecule has 1 aromatic rings. The fraction of sp³-hybridized carbons (Fsp3) is 0.417. The molecule has 0 aromatic heterocycles. The van der Waals surface area contributed by atoms with Crippen molar-refractivity contribution in [1.82, 2.24) is 0 Å². The third-order valence-electron chi connectivity index (χ3n) is 2.06. The summed E-state index contributed by atoms with van der Waals surface area (Å²) in [7, 11) is 0. The first-order valence-corrected chi connectivity index (χ1v) is 4.66. The van der Waals surface area contributed by atoms with E-state index in [1.54, 1.807) is 51.1 Å². The lowest BCUT2D eigenvalue weighted by molar-refractivity contribution is -0.131. The molecule has 0 bridgehead atoms. The van der Waals surface area contributed by atoms with Gasteiger partial charge in [0.15, 0.2) is 12.0 Å². The van der Waals surface area contributed by atoms with Crippen LogP contribution in [-0.2, 0) is 4.79 Å². The Kier molecular flexibility index (Phi) is 3.04. The maximum Gasteiger partial charge on any atom is 0.184 e. The maximum absolute atomic E-state index is 13.7. The van der Waals surface area contributed by atoms with Crippen LogP contribution in [0.3, 0.4) is 0 Å². The highest BCUT2D eigenvalue weighted by Gasteiger charge is 2.30. The fourth-order valence-electron chi connectivity index (χ4n) is 1.15. The van der Waals surface area contributed by atoms with Gasteiger partial charge < -0.3 is 0 Å². The molecule has 0 saturated carbocycles. The Morgan fingerprint density at radius 2 is 1.71 bits per heavy atom. The van der Waals surface area contributed by atoms with E-state index in [1.165, 1.54) is 0 Å². The Morgan fingerprint density at radius 1 is 1.21 bits per heavy atom. The summed E-state index contributed by atoms with van der Waals surface area (Å²) in [5, 5.41) is 0. The molecule has 76 valence electrons. The molecule has 1 unspecified atom stereocenters. The first-order chi connectivity index (χ1) is 6.43. The summed E-state index contributed by atoms with van der Waals surface area (Å²) in [5.41, 5.74) is -0.192. The highest BCUT2D eigenvalue weighted by molar-refractivity contribution is 5.88. The molecule has 2 heteroatoms. The molecular weight excluding hydrogens is 179 g/mol. The van der Waals surface area contributed by atoms with Gasteiger partial charge in [-0.25, -0.2) is 4.39 Å². The second-order valence-corrected chi connectivity index (χ2v) is 4.39. The van der Waals surface area contributed by atoms with Gasteiger partial charge in [-0.15, -0.1) is 0 Å². The molecule has 0 aliphatic rings. The van der Waals surface area contributed by atoms with Gasteiger partial charge in [0.05, 0.1) is 0 Å². The van der Waals surface area contributed by atoms with Gasteiger partial charge in [0.1, 0.15) is 0 Å². The normalized spacial score (nSPS) is 13.7. The van der Waals surface area contributed by atoms with E-state index in [-0.39, 0.29) is 5.78 Å². The lowest BCUT2D eigenvalue weighted by Gasteiger charge is -2.19. The van der Waals surface area contributed by atoms with Gasteiger partial charge >= 0.3 is 0 Å². The maximum atomic E-state index is 13.7. The van der Waals surface area contributed by atoms with Crippen LogP contribution in [0, 0.1) is 5.41 Å². The quantitative estimate of drug-likeness (QED) is 0.705. The van der Waals surface area contributed by atoms with Crippen LogP contribution in [0.15, 0.2) is 30.3 Å². The van der Waals surface area contributed by atoms with Crippen molar-refractivity contribution >= 4 is 5.78 Å². The summed E-state index contributed by atoms with van der Waals surface area (Å²) in [6.45, 7) is 5.18. The molecule has 0 amide bonds. The minimum atomic E-state index is -1.50. The number of benzene rings is 1. The zero-order valence-electron chi connectivity index (χ0n) is 8.75. The van der Waals surface area contributed by atoms with Crippen LogP contribution in [-0.4, -0.2) is 5.78 Å². The van der Waals surface area contributed by atoms with E-state index in [0.29, 0.717) is 5.56 Å².